The van der Waals surface area contributed by atoms with Gasteiger partial charge in [0, 0.05) is 6.54 Å². The Hall–Kier alpha value is -3.48. The molecule has 1 aliphatic heterocycles. The summed E-state index contributed by atoms with van der Waals surface area (Å²) in [5, 5.41) is 11.9. The molecule has 0 unspecified atom stereocenters. The molecule has 3 aromatic rings. The topological polar surface area (TPSA) is 95.3 Å². The summed E-state index contributed by atoms with van der Waals surface area (Å²) in [5.41, 5.74) is 0.782. The van der Waals surface area contributed by atoms with Gasteiger partial charge in [0.1, 0.15) is 6.04 Å². The smallest absolute Gasteiger partial charge is 0.262 e. The van der Waals surface area contributed by atoms with Gasteiger partial charge in [-0.15, -0.1) is 0 Å². The average molecular weight is 376 g/mol. The molecule has 0 saturated carbocycles. The molecule has 1 aromatic heterocycles. The van der Waals surface area contributed by atoms with E-state index in [1.165, 1.54) is 15.8 Å². The molecule has 7 nitrogen and oxygen atoms in total. The quantitative estimate of drug-likeness (QED) is 0.669. The third kappa shape index (κ3) is 3.05. The summed E-state index contributed by atoms with van der Waals surface area (Å²) < 4.78 is 1.28. The van der Waals surface area contributed by atoms with Crippen LogP contribution in [0.3, 0.4) is 0 Å². The van der Waals surface area contributed by atoms with Crippen LogP contribution in [0.2, 0.25) is 0 Å². The number of carboxylic acid groups (broad SMARTS) is 1. The minimum atomic E-state index is -1.28. The fourth-order valence-electron chi connectivity index (χ4n) is 3.76. The van der Waals surface area contributed by atoms with E-state index in [0.29, 0.717) is 35.9 Å². The van der Waals surface area contributed by atoms with Crippen LogP contribution in [0.4, 0.5) is 0 Å². The maximum Gasteiger partial charge on any atom is 0.262 e. The molecule has 1 aliphatic rings. The Balaban J connectivity index is 1.86. The Kier molecular flexibility index (Phi) is 4.65. The largest absolute Gasteiger partial charge is 0.548 e. The number of aliphatic carboxylic acids is 1. The number of carbonyl (C=O) groups excluding carboxylic acids is 2. The molecule has 4 rings (SSSR count). The van der Waals surface area contributed by atoms with Gasteiger partial charge in [-0.3, -0.25) is 14.2 Å². The fraction of sp³-hybridized carbons (Fsp3) is 0.238. The van der Waals surface area contributed by atoms with Crippen molar-refractivity contribution < 1.29 is 14.7 Å². The van der Waals surface area contributed by atoms with Crippen LogP contribution >= 0.6 is 0 Å². The van der Waals surface area contributed by atoms with Gasteiger partial charge in [-0.05, 0) is 30.5 Å². The number of para-hydroxylation sites is 1. The minimum absolute atomic E-state index is 0.316. The molecule has 1 amide bonds. The molecule has 0 aliphatic carbocycles. The zero-order chi connectivity index (χ0) is 19.7. The lowest BCUT2D eigenvalue weighted by atomic mass is 10.0. The van der Waals surface area contributed by atoms with Gasteiger partial charge in [0.25, 0.3) is 11.5 Å². The second kappa shape index (κ2) is 7.26. The molecule has 28 heavy (non-hydrogen) atoms. The summed E-state index contributed by atoms with van der Waals surface area (Å²) >= 11 is 0. The third-order valence-electron chi connectivity index (χ3n) is 5.13. The maximum atomic E-state index is 13.4. The normalized spacial score (nSPS) is 17.6. The molecule has 0 radical (unpaired) electrons. The Bertz CT molecular complexity index is 1090. The zero-order valence-electron chi connectivity index (χ0n) is 15.0. The van der Waals surface area contributed by atoms with E-state index in [2.05, 4.69) is 4.98 Å². The van der Waals surface area contributed by atoms with Crippen LogP contribution < -0.4 is 10.7 Å². The molecule has 0 N–H and O–H groups in total. The summed E-state index contributed by atoms with van der Waals surface area (Å²) in [6.07, 6.45) is 2.28. The number of amides is 1. The molecular formula is C21H18N3O4-. The lowest BCUT2D eigenvalue weighted by molar-refractivity contribution is -0.310. The molecule has 2 aromatic carbocycles. The molecular weight excluding hydrogens is 358 g/mol. The molecule has 2 heterocycles. The summed E-state index contributed by atoms with van der Waals surface area (Å²) in [5.74, 6) is -1.72. The van der Waals surface area contributed by atoms with E-state index in [0.717, 1.165) is 0 Å². The highest BCUT2D eigenvalue weighted by Crippen LogP contribution is 2.25. The molecule has 7 heteroatoms. The number of hydrogen-bond donors (Lipinski definition) is 0. The Morgan fingerprint density at radius 2 is 1.79 bits per heavy atom. The van der Waals surface area contributed by atoms with Crippen molar-refractivity contribution in [1.82, 2.24) is 14.5 Å². The van der Waals surface area contributed by atoms with Crippen LogP contribution in [-0.2, 0) is 9.59 Å². The zero-order valence-corrected chi connectivity index (χ0v) is 15.0. The number of likely N-dealkylation sites (tertiary alicyclic amines) is 1. The molecule has 2 atom stereocenters. The first-order valence-corrected chi connectivity index (χ1v) is 9.10. The van der Waals surface area contributed by atoms with Gasteiger partial charge in [0.2, 0.25) is 0 Å². The highest BCUT2D eigenvalue weighted by Gasteiger charge is 2.36. The van der Waals surface area contributed by atoms with Crippen LogP contribution in [0.1, 0.15) is 24.4 Å². The van der Waals surface area contributed by atoms with Gasteiger partial charge >= 0.3 is 0 Å². The molecule has 1 fully saturated rings. The summed E-state index contributed by atoms with van der Waals surface area (Å²) in [6, 6.07) is 13.8. The first-order chi connectivity index (χ1) is 13.6. The van der Waals surface area contributed by atoms with Crippen LogP contribution in [0, 0.1) is 0 Å². The van der Waals surface area contributed by atoms with E-state index in [9.17, 15) is 19.5 Å². The lowest BCUT2D eigenvalue weighted by Crippen LogP contribution is -2.50. The standard InChI is InChI=1S/C21H19N3O4/c25-19-15-9-4-5-10-16(15)22-13-24(19)18(14-7-2-1-3-8-14)20(26)23-12-6-11-17(23)21(27)28/h1-5,7-10,13,17-18H,6,11-12H2,(H,27,28)/p-1/t17-,18+/m1/s1. The van der Waals surface area contributed by atoms with E-state index < -0.39 is 24.0 Å². The Labute approximate surface area is 160 Å². The Morgan fingerprint density at radius 1 is 1.07 bits per heavy atom. The van der Waals surface area contributed by atoms with Crippen LogP contribution in [0.15, 0.2) is 65.7 Å². The predicted octanol–water partition coefficient (Wildman–Crippen LogP) is 0.727. The van der Waals surface area contributed by atoms with E-state index in [4.69, 9.17) is 0 Å². The molecule has 0 spiro atoms. The number of aromatic nitrogens is 2. The van der Waals surface area contributed by atoms with Crippen molar-refractivity contribution in [3.63, 3.8) is 0 Å². The minimum Gasteiger partial charge on any atom is -0.548 e. The lowest BCUT2D eigenvalue weighted by Gasteiger charge is -2.30. The number of benzene rings is 2. The first-order valence-electron chi connectivity index (χ1n) is 9.10. The van der Waals surface area contributed by atoms with Crippen LogP contribution in [0.25, 0.3) is 10.9 Å². The molecule has 142 valence electrons. The van der Waals surface area contributed by atoms with E-state index in [1.807, 2.05) is 6.07 Å². The number of carbonyl (C=O) groups is 2. The highest BCUT2D eigenvalue weighted by atomic mass is 16.4. The van der Waals surface area contributed by atoms with Gasteiger partial charge in [0.15, 0.2) is 0 Å². The van der Waals surface area contributed by atoms with Crippen molar-refractivity contribution in [2.75, 3.05) is 6.54 Å². The van der Waals surface area contributed by atoms with Gasteiger partial charge in [0.05, 0.1) is 29.2 Å². The van der Waals surface area contributed by atoms with Crippen molar-refractivity contribution in [3.05, 3.63) is 76.8 Å². The number of nitrogens with zero attached hydrogens (tertiary/aromatic N) is 3. The summed E-state index contributed by atoms with van der Waals surface area (Å²) in [6.45, 7) is 0.316. The van der Waals surface area contributed by atoms with Crippen molar-refractivity contribution in [1.29, 1.82) is 0 Å². The van der Waals surface area contributed by atoms with E-state index >= 15 is 0 Å². The van der Waals surface area contributed by atoms with E-state index in [-0.39, 0.29) is 5.56 Å². The number of fused-ring (bicyclic) bond motifs is 1. The van der Waals surface area contributed by atoms with Crippen molar-refractivity contribution >= 4 is 22.8 Å². The van der Waals surface area contributed by atoms with Crippen LogP contribution in [0.5, 0.6) is 0 Å². The monoisotopic (exact) mass is 376 g/mol. The van der Waals surface area contributed by atoms with Crippen molar-refractivity contribution in [3.8, 4) is 0 Å². The second-order valence-corrected chi connectivity index (χ2v) is 6.80. The van der Waals surface area contributed by atoms with Gasteiger partial charge in [-0.1, -0.05) is 42.5 Å². The number of rotatable bonds is 4. The van der Waals surface area contributed by atoms with Crippen molar-refractivity contribution in [2.45, 2.75) is 24.9 Å². The second-order valence-electron chi connectivity index (χ2n) is 6.80. The first kappa shape index (κ1) is 17.9. The average Bonchev–Trinajstić information content (AvgIpc) is 3.21. The van der Waals surface area contributed by atoms with Crippen molar-refractivity contribution in [2.24, 2.45) is 0 Å². The highest BCUT2D eigenvalue weighted by molar-refractivity contribution is 5.88. The van der Waals surface area contributed by atoms with Gasteiger partial charge in [-0.2, -0.15) is 0 Å². The third-order valence-corrected chi connectivity index (χ3v) is 5.13. The number of hydrogen-bond acceptors (Lipinski definition) is 5. The molecule has 1 saturated heterocycles. The molecule has 0 bridgehead atoms. The summed E-state index contributed by atoms with van der Waals surface area (Å²) in [7, 11) is 0. The predicted molar refractivity (Wildman–Crippen MR) is 100 cm³/mol. The SMILES string of the molecule is O=C([O-])[C@H]1CCCN1C(=O)[C@H](c1ccccc1)n1cnc2ccccc2c1=O. The van der Waals surface area contributed by atoms with Gasteiger partial charge < -0.3 is 14.8 Å². The fourth-order valence-corrected chi connectivity index (χ4v) is 3.76. The summed E-state index contributed by atoms with van der Waals surface area (Å²) in [4.78, 5) is 43.6. The number of carboxylic acids is 1. The van der Waals surface area contributed by atoms with Crippen LogP contribution in [-0.4, -0.2) is 38.9 Å². The maximum absolute atomic E-state index is 13.4. The van der Waals surface area contributed by atoms with E-state index in [1.54, 1.807) is 48.5 Å². The Morgan fingerprint density at radius 3 is 2.54 bits per heavy atom. The van der Waals surface area contributed by atoms with Gasteiger partial charge in [-0.25, -0.2) is 4.98 Å².